The number of hydrogen-bond donors (Lipinski definition) is 0. The normalized spacial score (nSPS) is 10.9. The van der Waals surface area contributed by atoms with Crippen LogP contribution in [0.3, 0.4) is 0 Å². The summed E-state index contributed by atoms with van der Waals surface area (Å²) in [5.74, 6) is 0. The van der Waals surface area contributed by atoms with Gasteiger partial charge in [-0.1, -0.05) is 43.2 Å². The van der Waals surface area contributed by atoms with Crippen molar-refractivity contribution in [3.63, 3.8) is 0 Å². The van der Waals surface area contributed by atoms with Crippen molar-refractivity contribution in [2.24, 2.45) is 0 Å². The predicted molar refractivity (Wildman–Crippen MR) is 70.7 cm³/mol. The Morgan fingerprint density at radius 1 is 0.810 bits per heavy atom. The van der Waals surface area contributed by atoms with E-state index in [4.69, 9.17) is 0 Å². The number of rotatable bonds is 1. The van der Waals surface area contributed by atoms with E-state index in [1.54, 1.807) is 0 Å². The second-order valence-electron chi connectivity index (χ2n) is 4.69. The summed E-state index contributed by atoms with van der Waals surface area (Å²) in [6.45, 7) is 4.19. The molecular formula is C17H14Y4-2. The second kappa shape index (κ2) is 12.0. The van der Waals surface area contributed by atoms with Gasteiger partial charge in [0.1, 0.15) is 0 Å². The van der Waals surface area contributed by atoms with Crippen LogP contribution in [0.25, 0.3) is 5.57 Å². The molecule has 0 N–H and O–H groups in total. The van der Waals surface area contributed by atoms with E-state index in [1.165, 1.54) is 27.8 Å². The molecule has 0 saturated carbocycles. The first-order chi connectivity index (χ1) is 8.22. The molecule has 0 amide bonds. The molecule has 3 rings (SSSR count). The minimum Gasteiger partial charge on any atom is -0.289 e. The fourth-order valence-electron chi connectivity index (χ4n) is 2.20. The molecule has 0 aliphatic heterocycles. The summed E-state index contributed by atoms with van der Waals surface area (Å²) in [4.78, 5) is 0. The van der Waals surface area contributed by atoms with Crippen LogP contribution >= 0.6 is 0 Å². The third-order valence-electron chi connectivity index (χ3n) is 3.22. The number of aryl methyl sites for hydroxylation is 2. The minimum absolute atomic E-state index is 0. The standard InChI is InChI=1S/C17H14.4Y/c1-12-3-6-14(7-4-12)17-10-15-8-5-13(2)9-16(15)11-17;;;;/h3-8H,10H2,1-2H3;;;;/q-2;;;;. The van der Waals surface area contributed by atoms with Crippen LogP contribution in [0.4, 0.5) is 0 Å². The van der Waals surface area contributed by atoms with Crippen LogP contribution in [0.5, 0.6) is 0 Å². The molecule has 0 aromatic heterocycles. The van der Waals surface area contributed by atoms with E-state index < -0.39 is 0 Å². The number of benzene rings is 2. The van der Waals surface area contributed by atoms with Crippen LogP contribution < -0.4 is 0 Å². The van der Waals surface area contributed by atoms with E-state index in [9.17, 15) is 0 Å². The summed E-state index contributed by atoms with van der Waals surface area (Å²) < 4.78 is 0. The Hall–Kier alpha value is 2.60. The summed E-state index contributed by atoms with van der Waals surface area (Å²) in [5.41, 5.74) is 7.51. The first kappa shape index (κ1) is 25.8. The van der Waals surface area contributed by atoms with E-state index in [-0.39, 0.29) is 131 Å². The van der Waals surface area contributed by atoms with Gasteiger partial charge in [-0.15, -0.1) is 5.57 Å². The molecule has 0 nitrogen and oxygen atoms in total. The zero-order valence-electron chi connectivity index (χ0n) is 12.5. The van der Waals surface area contributed by atoms with Crippen molar-refractivity contribution in [2.75, 3.05) is 0 Å². The van der Waals surface area contributed by atoms with Gasteiger partial charge in [-0.25, -0.2) is 23.3 Å². The van der Waals surface area contributed by atoms with Crippen LogP contribution in [0.1, 0.15) is 27.8 Å². The Bertz CT molecular complexity index is 601. The number of hydrogen-bond acceptors (Lipinski definition) is 0. The van der Waals surface area contributed by atoms with Crippen molar-refractivity contribution in [1.82, 2.24) is 0 Å². The fraction of sp³-hybridized carbons (Fsp3) is 0.176. The quantitative estimate of drug-likeness (QED) is 0.455. The average Bonchev–Trinajstić information content (AvgIpc) is 2.72. The zero-order chi connectivity index (χ0) is 11.8. The van der Waals surface area contributed by atoms with Crippen LogP contribution in [-0.2, 0) is 137 Å². The molecule has 0 atom stereocenters. The summed E-state index contributed by atoms with van der Waals surface area (Å²) in [6.07, 6.45) is 4.45. The van der Waals surface area contributed by atoms with Gasteiger partial charge in [0, 0.05) is 131 Å². The first-order valence-electron chi connectivity index (χ1n) is 5.94. The topological polar surface area (TPSA) is 0 Å². The zero-order valence-corrected chi connectivity index (χ0v) is 23.8. The maximum atomic E-state index is 3.47. The van der Waals surface area contributed by atoms with E-state index in [2.05, 4.69) is 62.4 Å². The Balaban J connectivity index is 0. The SMILES string of the molecule is Cc1[c-]c2c(cc1)CC(c1ccc(C)cc1)=[C-]2.[Y].[Y].[Y].[Y]. The molecule has 0 heterocycles. The second-order valence-corrected chi connectivity index (χ2v) is 4.69. The van der Waals surface area contributed by atoms with Gasteiger partial charge in [0.05, 0.1) is 0 Å². The van der Waals surface area contributed by atoms with Crippen LogP contribution in [-0.4, -0.2) is 0 Å². The van der Waals surface area contributed by atoms with Crippen molar-refractivity contribution in [2.45, 2.75) is 20.3 Å². The molecule has 4 heteroatoms. The number of fused-ring (bicyclic) bond motifs is 1. The Labute approximate surface area is 228 Å². The molecule has 4 radical (unpaired) electrons. The van der Waals surface area contributed by atoms with Gasteiger partial charge in [0.15, 0.2) is 0 Å². The molecule has 2 aromatic rings. The smallest absolute Gasteiger partial charge is 0 e. The maximum Gasteiger partial charge on any atom is 0 e. The Morgan fingerprint density at radius 3 is 2.05 bits per heavy atom. The third kappa shape index (κ3) is 6.78. The molecule has 1 aliphatic rings. The largest absolute Gasteiger partial charge is 0.289 e. The molecule has 2 aromatic carbocycles. The third-order valence-corrected chi connectivity index (χ3v) is 3.22. The van der Waals surface area contributed by atoms with Crippen molar-refractivity contribution in [3.05, 3.63) is 76.4 Å². The summed E-state index contributed by atoms with van der Waals surface area (Å²) in [7, 11) is 0. The fourth-order valence-corrected chi connectivity index (χ4v) is 2.20. The molecule has 96 valence electrons. The molecule has 0 spiro atoms. The number of allylic oxidation sites excluding steroid dienone is 1. The van der Waals surface area contributed by atoms with Gasteiger partial charge in [-0.2, -0.15) is 0 Å². The van der Waals surface area contributed by atoms with Gasteiger partial charge < -0.3 is 0 Å². The van der Waals surface area contributed by atoms with Crippen molar-refractivity contribution in [3.8, 4) is 0 Å². The van der Waals surface area contributed by atoms with Crippen LogP contribution in [0, 0.1) is 26.0 Å². The van der Waals surface area contributed by atoms with Crippen molar-refractivity contribution in [1.29, 1.82) is 0 Å². The van der Waals surface area contributed by atoms with Gasteiger partial charge in [-0.05, 0) is 12.5 Å². The monoisotopic (exact) mass is 574 g/mol. The van der Waals surface area contributed by atoms with E-state index in [1.807, 2.05) is 0 Å². The van der Waals surface area contributed by atoms with E-state index >= 15 is 0 Å². The van der Waals surface area contributed by atoms with Crippen LogP contribution in [0.15, 0.2) is 36.4 Å². The minimum atomic E-state index is 0. The van der Waals surface area contributed by atoms with Crippen molar-refractivity contribution >= 4 is 5.57 Å². The maximum absolute atomic E-state index is 3.47. The van der Waals surface area contributed by atoms with E-state index in [0.29, 0.717) is 0 Å². The summed E-state index contributed by atoms with van der Waals surface area (Å²) in [6, 6.07) is 16.3. The first-order valence-corrected chi connectivity index (χ1v) is 5.94. The predicted octanol–water partition coefficient (Wildman–Crippen LogP) is 3.88. The van der Waals surface area contributed by atoms with Gasteiger partial charge in [0.25, 0.3) is 0 Å². The molecule has 0 unspecified atom stereocenters. The molecular weight excluding hydrogens is 560 g/mol. The molecule has 1 aliphatic carbocycles. The molecule has 0 fully saturated rings. The average molecular weight is 574 g/mol. The Kier molecular flexibility index (Phi) is 14.8. The Morgan fingerprint density at radius 2 is 1.43 bits per heavy atom. The van der Waals surface area contributed by atoms with Gasteiger partial charge in [0.2, 0.25) is 0 Å². The summed E-state index contributed by atoms with van der Waals surface area (Å²) >= 11 is 0. The molecule has 21 heavy (non-hydrogen) atoms. The molecule has 0 saturated heterocycles. The van der Waals surface area contributed by atoms with Crippen molar-refractivity contribution < 1.29 is 131 Å². The van der Waals surface area contributed by atoms with Crippen LogP contribution in [0.2, 0.25) is 0 Å². The van der Waals surface area contributed by atoms with Gasteiger partial charge >= 0.3 is 0 Å². The van der Waals surface area contributed by atoms with E-state index in [0.717, 1.165) is 12.0 Å². The molecule has 0 bridgehead atoms. The van der Waals surface area contributed by atoms with Gasteiger partial charge in [-0.3, -0.25) is 17.7 Å². The summed E-state index contributed by atoms with van der Waals surface area (Å²) in [5, 5.41) is 0.